The van der Waals surface area contributed by atoms with Crippen LogP contribution in [0.2, 0.25) is 0 Å². The standard InChI is InChI=1S/C33H46F4N4O6/c1-9-20(11-12-34)23(10-2)25-16-22(32(6,7)41-30(44)47-31(3,4)5)17-26(40-25)24(33(35,36)37)19-38-28(43)21-15-27(45-8)29(39-18-21)46-14-13-42/h11-12,15-18,20,23-24,42H,9-10,13-14,19H2,1-8H3,(H,38,43)(H,41,44). The van der Waals surface area contributed by atoms with Gasteiger partial charge in [0, 0.05) is 30.4 Å². The second-order valence-corrected chi connectivity index (χ2v) is 12.5. The van der Waals surface area contributed by atoms with Crippen LogP contribution in [0.15, 0.2) is 36.8 Å². The third-order valence-corrected chi connectivity index (χ3v) is 7.38. The number of allylic oxidation sites excluding steroid dienone is 1. The molecule has 2 aromatic heterocycles. The van der Waals surface area contributed by atoms with Crippen molar-refractivity contribution in [1.29, 1.82) is 0 Å². The van der Waals surface area contributed by atoms with E-state index in [1.54, 1.807) is 40.7 Å². The number of methoxy groups -OCH3 is 1. The van der Waals surface area contributed by atoms with Gasteiger partial charge in [-0.15, -0.1) is 0 Å². The number of nitrogens with zero attached hydrogens (tertiary/aromatic N) is 2. The van der Waals surface area contributed by atoms with E-state index in [0.29, 0.717) is 24.7 Å². The summed E-state index contributed by atoms with van der Waals surface area (Å²) in [5, 5.41) is 14.0. The number of aliphatic hydroxyl groups is 1. The van der Waals surface area contributed by atoms with Gasteiger partial charge in [-0.2, -0.15) is 13.2 Å². The Morgan fingerprint density at radius 3 is 2.23 bits per heavy atom. The molecule has 0 spiro atoms. The van der Waals surface area contributed by atoms with Crippen molar-refractivity contribution in [2.45, 2.75) is 90.5 Å². The van der Waals surface area contributed by atoms with Gasteiger partial charge in [-0.25, -0.2) is 14.2 Å². The van der Waals surface area contributed by atoms with E-state index in [4.69, 9.17) is 19.3 Å². The summed E-state index contributed by atoms with van der Waals surface area (Å²) in [5.41, 5.74) is -1.90. The average molecular weight is 671 g/mol. The molecule has 2 rings (SSSR count). The minimum Gasteiger partial charge on any atom is -0.491 e. The molecule has 0 saturated carbocycles. The van der Waals surface area contributed by atoms with Gasteiger partial charge < -0.3 is 30.0 Å². The predicted octanol–water partition coefficient (Wildman–Crippen LogP) is 6.70. The van der Waals surface area contributed by atoms with E-state index in [0.717, 1.165) is 6.20 Å². The highest BCUT2D eigenvalue weighted by atomic mass is 19.4. The number of aromatic nitrogens is 2. The third-order valence-electron chi connectivity index (χ3n) is 7.38. The lowest BCUT2D eigenvalue weighted by molar-refractivity contribution is -0.149. The van der Waals surface area contributed by atoms with Crippen LogP contribution in [-0.4, -0.2) is 65.7 Å². The fourth-order valence-electron chi connectivity index (χ4n) is 4.95. The maximum atomic E-state index is 14.7. The van der Waals surface area contributed by atoms with Crippen LogP contribution in [0, 0.1) is 5.92 Å². The normalized spacial score (nSPS) is 14.3. The van der Waals surface area contributed by atoms with Crippen molar-refractivity contribution in [2.24, 2.45) is 5.92 Å². The number of rotatable bonds is 15. The first-order valence-electron chi connectivity index (χ1n) is 15.3. The lowest BCUT2D eigenvalue weighted by atomic mass is 9.82. The van der Waals surface area contributed by atoms with Gasteiger partial charge in [0.15, 0.2) is 5.75 Å². The van der Waals surface area contributed by atoms with E-state index >= 15 is 0 Å². The van der Waals surface area contributed by atoms with Crippen molar-refractivity contribution in [2.75, 3.05) is 26.9 Å². The molecule has 2 aromatic rings. The molecule has 0 aliphatic rings. The fourth-order valence-corrected chi connectivity index (χ4v) is 4.95. The number of pyridine rings is 2. The summed E-state index contributed by atoms with van der Waals surface area (Å²) in [4.78, 5) is 34.1. The van der Waals surface area contributed by atoms with Gasteiger partial charge in [0.25, 0.3) is 11.8 Å². The van der Waals surface area contributed by atoms with E-state index in [1.807, 2.05) is 13.8 Å². The Hall–Kier alpha value is -3.94. The number of hydrogen-bond acceptors (Lipinski definition) is 8. The SMILES string of the molecule is CCC(C=CF)C(CC)c1cc(C(C)(C)NC(=O)OC(C)(C)C)cc(C(CNC(=O)c2cnc(OCCO)c(OC)c2)C(F)(F)F)n1. The smallest absolute Gasteiger partial charge is 0.408 e. The summed E-state index contributed by atoms with van der Waals surface area (Å²) in [5.74, 6) is -3.86. The molecular weight excluding hydrogens is 624 g/mol. The third kappa shape index (κ3) is 11.4. The average Bonchev–Trinajstić information content (AvgIpc) is 2.97. The van der Waals surface area contributed by atoms with Gasteiger partial charge in [-0.3, -0.25) is 9.78 Å². The van der Waals surface area contributed by atoms with Crippen LogP contribution in [0.3, 0.4) is 0 Å². The van der Waals surface area contributed by atoms with Gasteiger partial charge in [-0.1, -0.05) is 19.9 Å². The van der Waals surface area contributed by atoms with Crippen molar-refractivity contribution in [3.63, 3.8) is 0 Å². The van der Waals surface area contributed by atoms with Crippen molar-refractivity contribution < 1.29 is 46.5 Å². The molecule has 0 aromatic carbocycles. The summed E-state index contributed by atoms with van der Waals surface area (Å²) in [6.45, 7) is 10.7. The van der Waals surface area contributed by atoms with E-state index in [1.165, 1.54) is 25.3 Å². The Balaban J connectivity index is 2.59. The number of carbonyl (C=O) groups is 2. The van der Waals surface area contributed by atoms with Crippen LogP contribution < -0.4 is 20.1 Å². The molecule has 3 N–H and O–H groups in total. The molecule has 3 unspecified atom stereocenters. The number of carbonyl (C=O) groups excluding carboxylic acids is 2. The van der Waals surface area contributed by atoms with Gasteiger partial charge in [0.05, 0.1) is 36.8 Å². The van der Waals surface area contributed by atoms with E-state index in [9.17, 15) is 27.2 Å². The lowest BCUT2D eigenvalue weighted by Crippen LogP contribution is -2.44. The number of alkyl halides is 3. The number of halogens is 4. The van der Waals surface area contributed by atoms with Crippen molar-refractivity contribution in [3.8, 4) is 11.6 Å². The van der Waals surface area contributed by atoms with Crippen LogP contribution >= 0.6 is 0 Å². The molecule has 0 bridgehead atoms. The molecule has 0 saturated heterocycles. The monoisotopic (exact) mass is 670 g/mol. The molecule has 10 nitrogen and oxygen atoms in total. The molecule has 0 aliphatic carbocycles. The first kappa shape index (κ1) is 39.2. The van der Waals surface area contributed by atoms with Crippen LogP contribution in [0.4, 0.5) is 22.4 Å². The van der Waals surface area contributed by atoms with Gasteiger partial charge in [0.1, 0.15) is 18.1 Å². The second kappa shape index (κ2) is 16.8. The molecule has 2 amide bonds. The number of nitrogens with one attached hydrogen (secondary N) is 2. The first-order valence-corrected chi connectivity index (χ1v) is 15.3. The summed E-state index contributed by atoms with van der Waals surface area (Å²) in [7, 11) is 1.30. The number of aliphatic hydroxyl groups excluding tert-OH is 1. The number of alkyl carbamates (subject to hydrolysis) is 1. The van der Waals surface area contributed by atoms with Crippen LogP contribution in [0.1, 0.15) is 100 Å². The van der Waals surface area contributed by atoms with Crippen molar-refractivity contribution in [3.05, 3.63) is 59.3 Å². The topological polar surface area (TPSA) is 132 Å². The highest BCUT2D eigenvalue weighted by Crippen LogP contribution is 2.38. The molecule has 262 valence electrons. The Labute approximate surface area is 273 Å². The molecular formula is C33H46F4N4O6. The molecule has 47 heavy (non-hydrogen) atoms. The Bertz CT molecular complexity index is 1380. The fraction of sp³-hybridized carbons (Fsp3) is 0.576. The second-order valence-electron chi connectivity index (χ2n) is 12.5. The summed E-state index contributed by atoms with van der Waals surface area (Å²) < 4.78 is 73.3. The largest absolute Gasteiger partial charge is 0.491 e. The molecule has 0 radical (unpaired) electrons. The molecule has 14 heteroatoms. The Morgan fingerprint density at radius 1 is 1.04 bits per heavy atom. The minimum absolute atomic E-state index is 0.000820. The zero-order valence-corrected chi connectivity index (χ0v) is 28.1. The van der Waals surface area contributed by atoms with E-state index in [-0.39, 0.29) is 47.7 Å². The number of hydrogen-bond donors (Lipinski definition) is 3. The lowest BCUT2D eigenvalue weighted by Gasteiger charge is -2.32. The zero-order chi connectivity index (χ0) is 35.6. The Morgan fingerprint density at radius 2 is 1.70 bits per heavy atom. The van der Waals surface area contributed by atoms with Crippen molar-refractivity contribution in [1.82, 2.24) is 20.6 Å². The number of ether oxygens (including phenoxy) is 3. The zero-order valence-electron chi connectivity index (χ0n) is 28.1. The summed E-state index contributed by atoms with van der Waals surface area (Å²) >= 11 is 0. The predicted molar refractivity (Wildman–Crippen MR) is 168 cm³/mol. The highest BCUT2D eigenvalue weighted by molar-refractivity contribution is 5.94. The van der Waals surface area contributed by atoms with E-state index in [2.05, 4.69) is 20.6 Å². The minimum atomic E-state index is -4.85. The van der Waals surface area contributed by atoms with E-state index < -0.39 is 47.7 Å². The maximum Gasteiger partial charge on any atom is 0.408 e. The number of amides is 2. The van der Waals surface area contributed by atoms with Crippen LogP contribution in [-0.2, 0) is 10.3 Å². The molecule has 0 aliphatic heterocycles. The molecule has 2 heterocycles. The van der Waals surface area contributed by atoms with Gasteiger partial charge >= 0.3 is 12.3 Å². The quantitative estimate of drug-likeness (QED) is 0.179. The highest BCUT2D eigenvalue weighted by Gasteiger charge is 2.43. The summed E-state index contributed by atoms with van der Waals surface area (Å²) in [6.07, 6.45) is -1.78. The molecule has 3 atom stereocenters. The van der Waals surface area contributed by atoms with Crippen LogP contribution in [0.25, 0.3) is 0 Å². The summed E-state index contributed by atoms with van der Waals surface area (Å²) in [6, 6.07) is 4.13. The van der Waals surface area contributed by atoms with Crippen molar-refractivity contribution >= 4 is 12.0 Å². The maximum absolute atomic E-state index is 14.7. The van der Waals surface area contributed by atoms with Crippen LogP contribution in [0.5, 0.6) is 11.6 Å². The molecule has 0 fully saturated rings. The van der Waals surface area contributed by atoms with Gasteiger partial charge in [0.2, 0.25) is 0 Å². The first-order chi connectivity index (χ1) is 21.9. The van der Waals surface area contributed by atoms with Gasteiger partial charge in [-0.05, 0) is 71.1 Å². The Kier molecular flexibility index (Phi) is 14.0.